The van der Waals surface area contributed by atoms with Crippen LogP contribution in [0.5, 0.6) is 11.5 Å². The SMILES string of the molecule is CCCC(=O)Oc1ccc(/C=C(/C#N)c2ccccc2)cc1OC. The minimum absolute atomic E-state index is 0.291. The lowest BCUT2D eigenvalue weighted by Gasteiger charge is -2.10. The van der Waals surface area contributed by atoms with Crippen molar-refractivity contribution in [1.29, 1.82) is 5.26 Å². The van der Waals surface area contributed by atoms with E-state index in [-0.39, 0.29) is 5.97 Å². The summed E-state index contributed by atoms with van der Waals surface area (Å²) < 4.78 is 10.6. The van der Waals surface area contributed by atoms with E-state index < -0.39 is 0 Å². The van der Waals surface area contributed by atoms with Crippen LogP contribution < -0.4 is 9.47 Å². The lowest BCUT2D eigenvalue weighted by Crippen LogP contribution is -2.07. The molecular formula is C20H19NO3. The van der Waals surface area contributed by atoms with Gasteiger partial charge in [-0.2, -0.15) is 5.26 Å². The van der Waals surface area contributed by atoms with Crippen LogP contribution in [0.1, 0.15) is 30.9 Å². The van der Waals surface area contributed by atoms with E-state index in [0.717, 1.165) is 17.5 Å². The summed E-state index contributed by atoms with van der Waals surface area (Å²) in [5.74, 6) is 0.547. The van der Waals surface area contributed by atoms with Crippen molar-refractivity contribution in [1.82, 2.24) is 0 Å². The Kier molecular flexibility index (Phi) is 6.16. The lowest BCUT2D eigenvalue weighted by atomic mass is 10.0. The van der Waals surface area contributed by atoms with Crippen molar-refractivity contribution in [3.8, 4) is 17.6 Å². The van der Waals surface area contributed by atoms with Gasteiger partial charge in [-0.1, -0.05) is 43.3 Å². The van der Waals surface area contributed by atoms with Crippen molar-refractivity contribution in [3.05, 3.63) is 59.7 Å². The third kappa shape index (κ3) is 4.47. The normalized spacial score (nSPS) is 10.8. The molecule has 4 heteroatoms. The fraction of sp³-hybridized carbons (Fsp3) is 0.200. The van der Waals surface area contributed by atoms with Crippen LogP contribution in [-0.4, -0.2) is 13.1 Å². The van der Waals surface area contributed by atoms with Gasteiger partial charge in [0, 0.05) is 6.42 Å². The molecule has 0 saturated carbocycles. The molecule has 0 aromatic heterocycles. The molecule has 0 heterocycles. The number of hydrogen-bond donors (Lipinski definition) is 0. The molecule has 122 valence electrons. The van der Waals surface area contributed by atoms with Crippen LogP contribution in [-0.2, 0) is 4.79 Å². The Morgan fingerprint density at radius 3 is 2.54 bits per heavy atom. The molecule has 0 saturated heterocycles. The first kappa shape index (κ1) is 17.3. The number of carbonyl (C=O) groups is 1. The molecule has 0 aliphatic carbocycles. The number of rotatable bonds is 6. The highest BCUT2D eigenvalue weighted by atomic mass is 16.6. The Morgan fingerprint density at radius 1 is 1.17 bits per heavy atom. The Labute approximate surface area is 141 Å². The largest absolute Gasteiger partial charge is 0.493 e. The maximum Gasteiger partial charge on any atom is 0.311 e. The van der Waals surface area contributed by atoms with Gasteiger partial charge in [-0.15, -0.1) is 0 Å². The zero-order valence-corrected chi connectivity index (χ0v) is 13.8. The summed E-state index contributed by atoms with van der Waals surface area (Å²) in [6.45, 7) is 1.92. The molecule has 0 aliphatic heterocycles. The number of esters is 1. The summed E-state index contributed by atoms with van der Waals surface area (Å²) in [6.07, 6.45) is 2.86. The molecule has 0 N–H and O–H groups in total. The molecule has 0 atom stereocenters. The van der Waals surface area contributed by atoms with Gasteiger partial charge in [0.05, 0.1) is 18.8 Å². The fourth-order valence-corrected chi connectivity index (χ4v) is 2.20. The zero-order chi connectivity index (χ0) is 17.4. The van der Waals surface area contributed by atoms with Gasteiger partial charge in [0.25, 0.3) is 0 Å². The predicted molar refractivity (Wildman–Crippen MR) is 93.5 cm³/mol. The van der Waals surface area contributed by atoms with Crippen LogP contribution in [0, 0.1) is 11.3 Å². The van der Waals surface area contributed by atoms with E-state index >= 15 is 0 Å². The number of nitrogens with zero attached hydrogens (tertiary/aromatic N) is 1. The van der Waals surface area contributed by atoms with Crippen molar-refractivity contribution in [2.75, 3.05) is 7.11 Å². The molecular weight excluding hydrogens is 302 g/mol. The lowest BCUT2D eigenvalue weighted by molar-refractivity contribution is -0.134. The Bertz CT molecular complexity index is 773. The van der Waals surface area contributed by atoms with E-state index in [4.69, 9.17) is 9.47 Å². The van der Waals surface area contributed by atoms with Gasteiger partial charge in [0.1, 0.15) is 0 Å². The van der Waals surface area contributed by atoms with Crippen molar-refractivity contribution < 1.29 is 14.3 Å². The standard InChI is InChI=1S/C20H19NO3/c1-3-7-20(22)24-18-11-10-15(13-19(18)23-2)12-17(14-21)16-8-5-4-6-9-16/h4-6,8-13H,3,7H2,1-2H3/b17-12-. The first-order chi connectivity index (χ1) is 11.7. The third-order valence-corrected chi connectivity index (χ3v) is 3.38. The average molecular weight is 321 g/mol. The van der Waals surface area contributed by atoms with Crippen LogP contribution in [0.3, 0.4) is 0 Å². The van der Waals surface area contributed by atoms with Crippen LogP contribution in [0.15, 0.2) is 48.5 Å². The van der Waals surface area contributed by atoms with Gasteiger partial charge in [-0.3, -0.25) is 4.79 Å². The molecule has 2 aromatic carbocycles. The van der Waals surface area contributed by atoms with Gasteiger partial charge >= 0.3 is 5.97 Å². The maximum atomic E-state index is 11.6. The fourth-order valence-electron chi connectivity index (χ4n) is 2.20. The second-order valence-electron chi connectivity index (χ2n) is 5.17. The maximum absolute atomic E-state index is 11.6. The monoisotopic (exact) mass is 321 g/mol. The molecule has 0 spiro atoms. The quantitative estimate of drug-likeness (QED) is 0.341. The number of hydrogen-bond acceptors (Lipinski definition) is 4. The molecule has 4 nitrogen and oxygen atoms in total. The van der Waals surface area contributed by atoms with E-state index in [2.05, 4.69) is 6.07 Å². The Morgan fingerprint density at radius 2 is 1.92 bits per heavy atom. The molecule has 2 aromatic rings. The van der Waals surface area contributed by atoms with Gasteiger partial charge in [0.2, 0.25) is 0 Å². The first-order valence-corrected chi connectivity index (χ1v) is 7.74. The predicted octanol–water partition coefficient (Wildman–Crippen LogP) is 4.46. The summed E-state index contributed by atoms with van der Waals surface area (Å²) in [6, 6.07) is 16.9. The zero-order valence-electron chi connectivity index (χ0n) is 13.8. The summed E-state index contributed by atoms with van der Waals surface area (Å²) >= 11 is 0. The number of benzene rings is 2. The van der Waals surface area contributed by atoms with Gasteiger partial charge in [0.15, 0.2) is 11.5 Å². The van der Waals surface area contributed by atoms with E-state index in [1.54, 1.807) is 24.3 Å². The highest BCUT2D eigenvalue weighted by molar-refractivity contribution is 5.89. The third-order valence-electron chi connectivity index (χ3n) is 3.38. The minimum Gasteiger partial charge on any atom is -0.493 e. The van der Waals surface area contributed by atoms with Crippen molar-refractivity contribution in [2.24, 2.45) is 0 Å². The van der Waals surface area contributed by atoms with Crippen molar-refractivity contribution in [2.45, 2.75) is 19.8 Å². The molecule has 2 rings (SSSR count). The smallest absolute Gasteiger partial charge is 0.311 e. The van der Waals surface area contributed by atoms with Crippen LogP contribution in [0.25, 0.3) is 11.6 Å². The molecule has 0 fully saturated rings. The van der Waals surface area contributed by atoms with Crippen LogP contribution in [0.4, 0.5) is 0 Å². The van der Waals surface area contributed by atoms with Crippen LogP contribution in [0.2, 0.25) is 0 Å². The Hall–Kier alpha value is -3.06. The topological polar surface area (TPSA) is 59.3 Å². The summed E-state index contributed by atoms with van der Waals surface area (Å²) in [5.41, 5.74) is 2.19. The number of allylic oxidation sites excluding steroid dienone is 1. The number of ether oxygens (including phenoxy) is 2. The number of nitriles is 1. The molecule has 0 bridgehead atoms. The average Bonchev–Trinajstić information content (AvgIpc) is 2.61. The molecule has 0 unspecified atom stereocenters. The Balaban J connectivity index is 2.30. The van der Waals surface area contributed by atoms with Gasteiger partial charge in [-0.05, 0) is 35.8 Å². The highest BCUT2D eigenvalue weighted by Gasteiger charge is 2.10. The minimum atomic E-state index is -0.291. The van der Waals surface area contributed by atoms with E-state index in [9.17, 15) is 10.1 Å². The summed E-state index contributed by atoms with van der Waals surface area (Å²) in [5, 5.41) is 9.38. The number of methoxy groups -OCH3 is 1. The summed E-state index contributed by atoms with van der Waals surface area (Å²) in [7, 11) is 1.52. The second-order valence-corrected chi connectivity index (χ2v) is 5.17. The van der Waals surface area contributed by atoms with Gasteiger partial charge < -0.3 is 9.47 Å². The molecule has 24 heavy (non-hydrogen) atoms. The second kappa shape index (κ2) is 8.54. The number of carbonyl (C=O) groups excluding carboxylic acids is 1. The van der Waals surface area contributed by atoms with Gasteiger partial charge in [-0.25, -0.2) is 0 Å². The first-order valence-electron chi connectivity index (χ1n) is 7.74. The molecule has 0 amide bonds. The highest BCUT2D eigenvalue weighted by Crippen LogP contribution is 2.30. The van der Waals surface area contributed by atoms with E-state index in [1.807, 2.05) is 37.3 Å². The molecule has 0 aliphatic rings. The van der Waals surface area contributed by atoms with Crippen LogP contribution >= 0.6 is 0 Å². The molecule has 0 radical (unpaired) electrons. The van der Waals surface area contributed by atoms with E-state index in [0.29, 0.717) is 23.5 Å². The summed E-state index contributed by atoms with van der Waals surface area (Å²) in [4.78, 5) is 11.6. The van der Waals surface area contributed by atoms with Crippen molar-refractivity contribution >= 4 is 17.6 Å². The van der Waals surface area contributed by atoms with E-state index in [1.165, 1.54) is 7.11 Å². The van der Waals surface area contributed by atoms with Crippen molar-refractivity contribution in [3.63, 3.8) is 0 Å².